The van der Waals surface area contributed by atoms with Gasteiger partial charge in [0.25, 0.3) is 6.43 Å². The molecule has 0 rings (SSSR count). The van der Waals surface area contributed by atoms with E-state index in [2.05, 4.69) is 52.7 Å². The SMILES string of the molecule is CC(C)C[C@@H](CO[Si](C)(C)C(C)(C)C)/N=C/C(F)F. The standard InChI is InChI=1S/C14H29F2NOSi/c1-11(2)8-12(17-9-13(15)16)10-18-19(6,7)14(3,4)5/h9,11-13H,8,10H2,1-7H3/b17-9+/t12-/m0/s1. The number of halogens is 2. The number of hydrogen-bond donors (Lipinski definition) is 0. The van der Waals surface area contributed by atoms with E-state index in [4.69, 9.17) is 4.43 Å². The van der Waals surface area contributed by atoms with Crippen molar-refractivity contribution in [2.75, 3.05) is 6.61 Å². The molecule has 2 nitrogen and oxygen atoms in total. The van der Waals surface area contributed by atoms with E-state index < -0.39 is 14.7 Å². The van der Waals surface area contributed by atoms with E-state index in [0.29, 0.717) is 12.5 Å². The minimum atomic E-state index is -2.48. The van der Waals surface area contributed by atoms with Crippen LogP contribution in [0.25, 0.3) is 0 Å². The molecule has 5 heteroatoms. The molecule has 114 valence electrons. The molecule has 0 fully saturated rings. The normalized spacial score (nSPS) is 15.7. The molecule has 0 aliphatic rings. The maximum absolute atomic E-state index is 12.2. The third-order valence-corrected chi connectivity index (χ3v) is 8.10. The topological polar surface area (TPSA) is 21.6 Å². The molecule has 1 atom stereocenters. The summed E-state index contributed by atoms with van der Waals surface area (Å²) in [5.74, 6) is 0.419. The predicted molar refractivity (Wildman–Crippen MR) is 80.9 cm³/mol. The van der Waals surface area contributed by atoms with Crippen LogP contribution in [-0.2, 0) is 4.43 Å². The molecule has 0 radical (unpaired) electrons. The lowest BCUT2D eigenvalue weighted by atomic mass is 10.1. The maximum Gasteiger partial charge on any atom is 0.273 e. The first-order valence-electron chi connectivity index (χ1n) is 6.91. The first kappa shape index (κ1) is 18.7. The molecule has 0 N–H and O–H groups in total. The van der Waals surface area contributed by atoms with Crippen molar-refractivity contribution in [2.45, 2.75) is 71.6 Å². The van der Waals surface area contributed by atoms with Gasteiger partial charge in [0.15, 0.2) is 8.32 Å². The molecule has 0 aliphatic carbocycles. The van der Waals surface area contributed by atoms with Crippen LogP contribution in [-0.4, -0.2) is 33.6 Å². The van der Waals surface area contributed by atoms with Gasteiger partial charge >= 0.3 is 0 Å². The highest BCUT2D eigenvalue weighted by Gasteiger charge is 2.37. The molecule has 0 aromatic rings. The summed E-state index contributed by atoms with van der Waals surface area (Å²) < 4.78 is 30.5. The van der Waals surface area contributed by atoms with E-state index in [1.165, 1.54) is 0 Å². The molecule has 0 aromatic heterocycles. The zero-order valence-electron chi connectivity index (χ0n) is 13.3. The Kier molecular flexibility index (Phi) is 7.36. The smallest absolute Gasteiger partial charge is 0.273 e. The average Bonchev–Trinajstić information content (AvgIpc) is 2.19. The van der Waals surface area contributed by atoms with Crippen molar-refractivity contribution in [3.05, 3.63) is 0 Å². The third-order valence-electron chi connectivity index (χ3n) is 3.60. The van der Waals surface area contributed by atoms with Crippen LogP contribution in [0.4, 0.5) is 8.78 Å². The van der Waals surface area contributed by atoms with Crippen LogP contribution in [0, 0.1) is 5.92 Å². The largest absolute Gasteiger partial charge is 0.415 e. The van der Waals surface area contributed by atoms with Gasteiger partial charge in [0.1, 0.15) is 0 Å². The molecular formula is C14H29F2NOSi. The van der Waals surface area contributed by atoms with Crippen LogP contribution < -0.4 is 0 Å². The zero-order valence-corrected chi connectivity index (χ0v) is 14.3. The number of alkyl halides is 2. The summed E-state index contributed by atoms with van der Waals surface area (Å²) in [5.41, 5.74) is 0. The van der Waals surface area contributed by atoms with Gasteiger partial charge in [-0.1, -0.05) is 34.6 Å². The fraction of sp³-hybridized carbons (Fsp3) is 0.929. The van der Waals surface area contributed by atoms with E-state index in [1.54, 1.807) is 0 Å². The Morgan fingerprint density at radius 3 is 2.11 bits per heavy atom. The Bertz CT molecular complexity index is 286. The molecule has 19 heavy (non-hydrogen) atoms. The van der Waals surface area contributed by atoms with Crippen LogP contribution in [0.3, 0.4) is 0 Å². The summed E-state index contributed by atoms with van der Waals surface area (Å²) in [4.78, 5) is 3.97. The summed E-state index contributed by atoms with van der Waals surface area (Å²) >= 11 is 0. The van der Waals surface area contributed by atoms with Gasteiger partial charge in [-0.05, 0) is 30.5 Å². The number of aliphatic imine (C=N–C) groups is 1. The number of rotatable bonds is 7. The van der Waals surface area contributed by atoms with Gasteiger partial charge in [-0.2, -0.15) is 0 Å². The summed E-state index contributed by atoms with van der Waals surface area (Å²) in [6.07, 6.45) is -0.970. The van der Waals surface area contributed by atoms with Gasteiger partial charge < -0.3 is 4.43 Å². The van der Waals surface area contributed by atoms with Crippen LogP contribution >= 0.6 is 0 Å². The fourth-order valence-electron chi connectivity index (χ4n) is 1.42. The molecular weight excluding hydrogens is 264 g/mol. The van der Waals surface area contributed by atoms with Crippen molar-refractivity contribution >= 4 is 14.5 Å². The summed E-state index contributed by atoms with van der Waals surface area (Å²) in [6.45, 7) is 15.4. The monoisotopic (exact) mass is 293 g/mol. The van der Waals surface area contributed by atoms with E-state index in [9.17, 15) is 8.78 Å². The quantitative estimate of drug-likeness (QED) is 0.490. The van der Waals surface area contributed by atoms with Crippen molar-refractivity contribution in [2.24, 2.45) is 10.9 Å². The lowest BCUT2D eigenvalue weighted by molar-refractivity contribution is 0.226. The Morgan fingerprint density at radius 1 is 1.21 bits per heavy atom. The van der Waals surface area contributed by atoms with Crippen molar-refractivity contribution in [3.8, 4) is 0 Å². The van der Waals surface area contributed by atoms with E-state index in [0.717, 1.165) is 12.6 Å². The van der Waals surface area contributed by atoms with Crippen molar-refractivity contribution < 1.29 is 13.2 Å². The van der Waals surface area contributed by atoms with Gasteiger partial charge in [-0.3, -0.25) is 4.99 Å². The van der Waals surface area contributed by atoms with Gasteiger partial charge in [0.2, 0.25) is 0 Å². The van der Waals surface area contributed by atoms with E-state index in [1.807, 2.05) is 0 Å². The fourth-order valence-corrected chi connectivity index (χ4v) is 2.47. The second-order valence-corrected chi connectivity index (χ2v) is 11.8. The van der Waals surface area contributed by atoms with Crippen molar-refractivity contribution in [1.82, 2.24) is 0 Å². The van der Waals surface area contributed by atoms with Crippen LogP contribution in [0.1, 0.15) is 41.0 Å². The molecule has 0 unspecified atom stereocenters. The third kappa shape index (κ3) is 7.77. The first-order chi connectivity index (χ1) is 8.45. The van der Waals surface area contributed by atoms with Gasteiger partial charge in [0.05, 0.1) is 18.9 Å². The minimum absolute atomic E-state index is 0.127. The Morgan fingerprint density at radius 2 is 1.74 bits per heavy atom. The first-order valence-corrected chi connectivity index (χ1v) is 9.82. The molecule has 0 heterocycles. The maximum atomic E-state index is 12.2. The van der Waals surface area contributed by atoms with Crippen molar-refractivity contribution in [1.29, 1.82) is 0 Å². The summed E-state index contributed by atoms with van der Waals surface area (Å²) in [6, 6.07) is -0.164. The van der Waals surface area contributed by atoms with Crippen LogP contribution in [0.2, 0.25) is 18.1 Å². The van der Waals surface area contributed by atoms with Gasteiger partial charge in [-0.25, -0.2) is 8.78 Å². The Balaban J connectivity index is 4.58. The lowest BCUT2D eigenvalue weighted by Gasteiger charge is -2.37. The highest BCUT2D eigenvalue weighted by Crippen LogP contribution is 2.36. The molecule has 0 bridgehead atoms. The van der Waals surface area contributed by atoms with Gasteiger partial charge in [0, 0.05) is 0 Å². The lowest BCUT2D eigenvalue weighted by Crippen LogP contribution is -2.42. The van der Waals surface area contributed by atoms with Crippen LogP contribution in [0.5, 0.6) is 0 Å². The molecule has 0 amide bonds. The highest BCUT2D eigenvalue weighted by molar-refractivity contribution is 6.74. The number of nitrogens with zero attached hydrogens (tertiary/aromatic N) is 1. The highest BCUT2D eigenvalue weighted by atomic mass is 28.4. The van der Waals surface area contributed by atoms with E-state index >= 15 is 0 Å². The molecule has 0 aliphatic heterocycles. The second-order valence-electron chi connectivity index (χ2n) is 6.99. The number of hydrogen-bond acceptors (Lipinski definition) is 2. The predicted octanol–water partition coefficient (Wildman–Crippen LogP) is 4.76. The average molecular weight is 293 g/mol. The molecule has 0 spiro atoms. The molecule has 0 saturated heterocycles. The van der Waals surface area contributed by atoms with Gasteiger partial charge in [-0.15, -0.1) is 0 Å². The molecule has 0 saturated carbocycles. The minimum Gasteiger partial charge on any atom is -0.415 e. The zero-order chi connectivity index (χ0) is 15.3. The molecule has 0 aromatic carbocycles. The van der Waals surface area contributed by atoms with Crippen LogP contribution in [0.15, 0.2) is 4.99 Å². The second kappa shape index (κ2) is 7.48. The summed E-state index contributed by atoms with van der Waals surface area (Å²) in [7, 11) is -1.84. The van der Waals surface area contributed by atoms with Crippen molar-refractivity contribution in [3.63, 3.8) is 0 Å². The van der Waals surface area contributed by atoms with E-state index in [-0.39, 0.29) is 11.1 Å². The Hall–Kier alpha value is -0.293. The Labute approximate surface area is 117 Å². The summed E-state index contributed by atoms with van der Waals surface area (Å²) in [5, 5.41) is 0.127.